The molecule has 0 saturated heterocycles. The first-order valence-corrected chi connectivity index (χ1v) is 6.46. The van der Waals surface area contributed by atoms with Crippen LogP contribution in [0.4, 0.5) is 5.69 Å². The minimum absolute atomic E-state index is 0.125. The lowest BCUT2D eigenvalue weighted by atomic mass is 10.1. The molecule has 3 rings (SSSR count). The summed E-state index contributed by atoms with van der Waals surface area (Å²) in [7, 11) is 0. The molecule has 0 atom stereocenters. The van der Waals surface area contributed by atoms with Crippen molar-refractivity contribution in [3.05, 3.63) is 71.9 Å². The number of aromatic nitrogens is 1. The number of para-hydroxylation sites is 1. The first kappa shape index (κ1) is 12.4. The number of aryl methyl sites for hydroxylation is 1. The van der Waals surface area contributed by atoms with Gasteiger partial charge in [-0.3, -0.25) is 9.78 Å². The van der Waals surface area contributed by atoms with E-state index in [1.807, 2.05) is 43.3 Å². The van der Waals surface area contributed by atoms with Crippen LogP contribution in [0.1, 0.15) is 15.9 Å². The summed E-state index contributed by atoms with van der Waals surface area (Å²) in [6, 6.07) is 17.0. The lowest BCUT2D eigenvalue weighted by Gasteiger charge is -2.08. The van der Waals surface area contributed by atoms with E-state index in [2.05, 4.69) is 16.4 Å². The van der Waals surface area contributed by atoms with Gasteiger partial charge in [-0.15, -0.1) is 0 Å². The van der Waals surface area contributed by atoms with Gasteiger partial charge in [0.25, 0.3) is 5.91 Å². The summed E-state index contributed by atoms with van der Waals surface area (Å²) in [6.45, 7) is 2.00. The molecule has 98 valence electrons. The molecule has 0 radical (unpaired) electrons. The Morgan fingerprint density at radius 1 is 1.05 bits per heavy atom. The van der Waals surface area contributed by atoms with Gasteiger partial charge in [0.1, 0.15) is 0 Å². The van der Waals surface area contributed by atoms with Crippen molar-refractivity contribution in [1.29, 1.82) is 0 Å². The van der Waals surface area contributed by atoms with Crippen LogP contribution in [0, 0.1) is 6.92 Å². The zero-order valence-corrected chi connectivity index (χ0v) is 11.1. The van der Waals surface area contributed by atoms with Gasteiger partial charge < -0.3 is 5.32 Å². The highest BCUT2D eigenvalue weighted by Crippen LogP contribution is 2.22. The molecule has 3 heteroatoms. The molecule has 0 bridgehead atoms. The summed E-state index contributed by atoms with van der Waals surface area (Å²) in [6.07, 6.45) is 1.81. The second kappa shape index (κ2) is 5.13. The Kier molecular flexibility index (Phi) is 3.17. The highest BCUT2D eigenvalue weighted by atomic mass is 16.1. The van der Waals surface area contributed by atoms with Crippen molar-refractivity contribution < 1.29 is 4.79 Å². The van der Waals surface area contributed by atoms with Crippen LogP contribution in [0.2, 0.25) is 0 Å². The summed E-state index contributed by atoms with van der Waals surface area (Å²) in [5.41, 5.74) is 3.28. The van der Waals surface area contributed by atoms with Gasteiger partial charge in [0.05, 0.1) is 11.2 Å². The quantitative estimate of drug-likeness (QED) is 0.763. The molecule has 1 aromatic heterocycles. The summed E-state index contributed by atoms with van der Waals surface area (Å²) >= 11 is 0. The Morgan fingerprint density at radius 3 is 2.65 bits per heavy atom. The first-order valence-electron chi connectivity index (χ1n) is 6.46. The van der Waals surface area contributed by atoms with Gasteiger partial charge in [0.15, 0.2) is 0 Å². The van der Waals surface area contributed by atoms with E-state index in [0.717, 1.165) is 22.2 Å². The molecule has 1 heterocycles. The van der Waals surface area contributed by atoms with Gasteiger partial charge in [-0.05, 0) is 36.8 Å². The molecule has 0 spiro atoms. The maximum Gasteiger partial charge on any atom is 0.255 e. The number of hydrogen-bond donors (Lipinski definition) is 1. The number of carbonyl (C=O) groups excluding carboxylic acids is 1. The zero-order valence-electron chi connectivity index (χ0n) is 11.1. The van der Waals surface area contributed by atoms with E-state index >= 15 is 0 Å². The Labute approximate surface area is 117 Å². The van der Waals surface area contributed by atoms with E-state index < -0.39 is 0 Å². The molecule has 20 heavy (non-hydrogen) atoms. The maximum atomic E-state index is 12.2. The van der Waals surface area contributed by atoms with Crippen LogP contribution in [0.25, 0.3) is 10.9 Å². The molecule has 1 N–H and O–H groups in total. The van der Waals surface area contributed by atoms with Gasteiger partial charge >= 0.3 is 0 Å². The van der Waals surface area contributed by atoms with E-state index in [9.17, 15) is 4.79 Å². The van der Waals surface area contributed by atoms with Gasteiger partial charge in [0.2, 0.25) is 0 Å². The SMILES string of the molecule is Cc1cnc2c(NC(=O)c3ccccc3)cccc2c1. The Bertz CT molecular complexity index is 766. The highest BCUT2D eigenvalue weighted by Gasteiger charge is 2.08. The van der Waals surface area contributed by atoms with E-state index in [-0.39, 0.29) is 5.91 Å². The van der Waals surface area contributed by atoms with Gasteiger partial charge in [-0.25, -0.2) is 0 Å². The fourth-order valence-electron chi connectivity index (χ4n) is 2.16. The third kappa shape index (κ3) is 2.38. The largest absolute Gasteiger partial charge is 0.320 e. The number of hydrogen-bond acceptors (Lipinski definition) is 2. The van der Waals surface area contributed by atoms with Gasteiger partial charge in [-0.2, -0.15) is 0 Å². The number of fused-ring (bicyclic) bond motifs is 1. The highest BCUT2D eigenvalue weighted by molar-refractivity contribution is 6.08. The molecule has 2 aromatic carbocycles. The fourth-order valence-corrected chi connectivity index (χ4v) is 2.16. The predicted octanol–water partition coefficient (Wildman–Crippen LogP) is 3.80. The fraction of sp³-hybridized carbons (Fsp3) is 0.0588. The van der Waals surface area contributed by atoms with Crippen molar-refractivity contribution in [2.24, 2.45) is 0 Å². The molecule has 0 fully saturated rings. The molecule has 3 nitrogen and oxygen atoms in total. The van der Waals surface area contributed by atoms with Crippen LogP contribution in [0.5, 0.6) is 0 Å². The average molecular weight is 262 g/mol. The Hall–Kier alpha value is -2.68. The number of benzene rings is 2. The number of nitrogens with one attached hydrogen (secondary N) is 1. The van der Waals surface area contributed by atoms with Crippen molar-refractivity contribution in [3.8, 4) is 0 Å². The molecule has 0 aliphatic rings. The van der Waals surface area contributed by atoms with Crippen molar-refractivity contribution in [1.82, 2.24) is 4.98 Å². The van der Waals surface area contributed by atoms with E-state index in [1.165, 1.54) is 0 Å². The second-order valence-electron chi connectivity index (χ2n) is 4.71. The standard InChI is InChI=1S/C17H14N2O/c1-12-10-14-8-5-9-15(16(14)18-11-12)19-17(20)13-6-3-2-4-7-13/h2-11H,1H3,(H,19,20). The molecule has 0 aliphatic carbocycles. The average Bonchev–Trinajstić information content (AvgIpc) is 2.48. The smallest absolute Gasteiger partial charge is 0.255 e. The predicted molar refractivity (Wildman–Crippen MR) is 80.9 cm³/mol. The number of pyridine rings is 1. The van der Waals surface area contributed by atoms with Crippen LogP contribution >= 0.6 is 0 Å². The number of rotatable bonds is 2. The van der Waals surface area contributed by atoms with E-state index in [1.54, 1.807) is 18.3 Å². The van der Waals surface area contributed by atoms with E-state index in [4.69, 9.17) is 0 Å². The summed E-state index contributed by atoms with van der Waals surface area (Å²) in [4.78, 5) is 16.6. The van der Waals surface area contributed by atoms with Crippen molar-refractivity contribution in [3.63, 3.8) is 0 Å². The van der Waals surface area contributed by atoms with Crippen molar-refractivity contribution >= 4 is 22.5 Å². The molecule has 0 unspecified atom stereocenters. The second-order valence-corrected chi connectivity index (χ2v) is 4.71. The van der Waals surface area contributed by atoms with Crippen LogP contribution in [-0.2, 0) is 0 Å². The van der Waals surface area contributed by atoms with Crippen LogP contribution in [0.3, 0.4) is 0 Å². The third-order valence-electron chi connectivity index (χ3n) is 3.13. The minimum atomic E-state index is -0.125. The molecule has 0 aliphatic heterocycles. The summed E-state index contributed by atoms with van der Waals surface area (Å²) < 4.78 is 0. The lowest BCUT2D eigenvalue weighted by Crippen LogP contribution is -2.12. The molecule has 0 saturated carbocycles. The van der Waals surface area contributed by atoms with Gasteiger partial charge in [0, 0.05) is 17.1 Å². The molecule has 3 aromatic rings. The number of amides is 1. The zero-order chi connectivity index (χ0) is 13.9. The Balaban J connectivity index is 1.97. The maximum absolute atomic E-state index is 12.2. The molecular weight excluding hydrogens is 248 g/mol. The number of nitrogens with zero attached hydrogens (tertiary/aromatic N) is 1. The normalized spacial score (nSPS) is 10.4. The lowest BCUT2D eigenvalue weighted by molar-refractivity contribution is 0.102. The van der Waals surface area contributed by atoms with Crippen LogP contribution < -0.4 is 5.32 Å². The minimum Gasteiger partial charge on any atom is -0.320 e. The summed E-state index contributed by atoms with van der Waals surface area (Å²) in [5.74, 6) is -0.125. The van der Waals surface area contributed by atoms with Crippen LogP contribution in [-0.4, -0.2) is 10.9 Å². The van der Waals surface area contributed by atoms with E-state index in [0.29, 0.717) is 5.56 Å². The molecule has 1 amide bonds. The van der Waals surface area contributed by atoms with Crippen molar-refractivity contribution in [2.45, 2.75) is 6.92 Å². The van der Waals surface area contributed by atoms with Gasteiger partial charge in [-0.1, -0.05) is 30.3 Å². The third-order valence-corrected chi connectivity index (χ3v) is 3.13. The topological polar surface area (TPSA) is 42.0 Å². The number of carbonyl (C=O) groups is 1. The number of anilines is 1. The summed E-state index contributed by atoms with van der Waals surface area (Å²) in [5, 5.41) is 3.94. The van der Waals surface area contributed by atoms with Crippen molar-refractivity contribution in [2.75, 3.05) is 5.32 Å². The van der Waals surface area contributed by atoms with Crippen LogP contribution in [0.15, 0.2) is 60.8 Å². The molecular formula is C17H14N2O. The Morgan fingerprint density at radius 2 is 1.85 bits per heavy atom. The first-order chi connectivity index (χ1) is 9.74. The monoisotopic (exact) mass is 262 g/mol.